The van der Waals surface area contributed by atoms with Crippen LogP contribution in [0.3, 0.4) is 0 Å². The molecule has 1 fully saturated rings. The van der Waals surface area contributed by atoms with Crippen molar-refractivity contribution in [1.82, 2.24) is 4.31 Å². The first-order chi connectivity index (χ1) is 8.46. The first kappa shape index (κ1) is 16.4. The van der Waals surface area contributed by atoms with Crippen molar-refractivity contribution in [2.24, 2.45) is 11.7 Å². The molecule has 108 valence electrons. The minimum Gasteiger partial charge on any atom is -0.329 e. The Labute approximate surface area is 119 Å². The first-order valence-corrected chi connectivity index (χ1v) is 7.34. The molecule has 0 bridgehead atoms. The van der Waals surface area contributed by atoms with Gasteiger partial charge in [0.2, 0.25) is 10.0 Å². The molecule has 2 rings (SSSR count). The van der Waals surface area contributed by atoms with Gasteiger partial charge in [-0.2, -0.15) is 4.31 Å². The van der Waals surface area contributed by atoms with Crippen molar-refractivity contribution in [2.75, 3.05) is 13.6 Å². The van der Waals surface area contributed by atoms with Crippen LogP contribution in [0, 0.1) is 11.7 Å². The molecule has 1 saturated carbocycles. The average Bonchev–Trinajstić information content (AvgIpc) is 3.14. The molecule has 1 unspecified atom stereocenters. The summed E-state index contributed by atoms with van der Waals surface area (Å²) in [5, 5.41) is 0. The molecule has 0 amide bonds. The summed E-state index contributed by atoms with van der Waals surface area (Å²) in [6.45, 7) is 0.287. The third-order valence-electron chi connectivity index (χ3n) is 3.35. The normalized spacial score (nSPS) is 17.1. The second-order valence-corrected chi connectivity index (χ2v) is 6.62. The number of hydrogen-bond donors (Lipinski definition) is 1. The number of rotatable bonds is 5. The summed E-state index contributed by atoms with van der Waals surface area (Å²) in [4.78, 5) is -0.0240. The summed E-state index contributed by atoms with van der Waals surface area (Å²) in [5.74, 6) is -0.219. The maximum atomic E-state index is 13.1. The highest BCUT2D eigenvalue weighted by Gasteiger charge is 2.38. The van der Waals surface area contributed by atoms with Crippen LogP contribution in [0.1, 0.15) is 12.8 Å². The Balaban J connectivity index is 0.00000180. The molecule has 0 radical (unpaired) electrons. The summed E-state index contributed by atoms with van der Waals surface area (Å²) < 4.78 is 39.0. The number of likely N-dealkylation sites (N-methyl/N-ethyl adjacent to an activating group) is 1. The van der Waals surface area contributed by atoms with Gasteiger partial charge < -0.3 is 5.73 Å². The van der Waals surface area contributed by atoms with Crippen LogP contribution in [-0.4, -0.2) is 32.4 Å². The smallest absolute Gasteiger partial charge is 0.243 e. The van der Waals surface area contributed by atoms with Crippen LogP contribution >= 0.6 is 12.4 Å². The highest BCUT2D eigenvalue weighted by Crippen LogP contribution is 2.36. The second kappa shape index (κ2) is 6.17. The van der Waals surface area contributed by atoms with E-state index < -0.39 is 15.8 Å². The molecule has 19 heavy (non-hydrogen) atoms. The lowest BCUT2D eigenvalue weighted by molar-refractivity contribution is 0.340. The number of nitrogens with zero attached hydrogens (tertiary/aromatic N) is 1. The zero-order valence-corrected chi connectivity index (χ0v) is 12.3. The standard InChI is InChI=1S/C12H17FN2O2S.ClH/c1-15(12(8-14)9-5-6-9)18(16,17)11-4-2-3-10(13)7-11;/h2-4,7,9,12H,5-6,8,14H2,1H3;1H. The lowest BCUT2D eigenvalue weighted by Crippen LogP contribution is -2.43. The molecule has 0 aromatic heterocycles. The van der Waals surface area contributed by atoms with E-state index in [0.717, 1.165) is 18.9 Å². The van der Waals surface area contributed by atoms with Gasteiger partial charge in [-0.25, -0.2) is 12.8 Å². The van der Waals surface area contributed by atoms with Crippen molar-refractivity contribution in [2.45, 2.75) is 23.8 Å². The number of hydrogen-bond acceptors (Lipinski definition) is 3. The summed E-state index contributed by atoms with van der Waals surface area (Å²) in [6, 6.07) is 4.85. The highest BCUT2D eigenvalue weighted by atomic mass is 35.5. The largest absolute Gasteiger partial charge is 0.329 e. The molecule has 1 aliphatic carbocycles. The molecule has 1 atom stereocenters. The van der Waals surface area contributed by atoms with E-state index in [0.29, 0.717) is 5.92 Å². The Morgan fingerprint density at radius 1 is 1.47 bits per heavy atom. The SMILES string of the molecule is CN(C(CN)C1CC1)S(=O)(=O)c1cccc(F)c1.Cl. The van der Waals surface area contributed by atoms with E-state index in [4.69, 9.17) is 5.73 Å². The topological polar surface area (TPSA) is 63.4 Å². The fraction of sp³-hybridized carbons (Fsp3) is 0.500. The molecular formula is C12H18ClFN2O2S. The molecule has 0 heterocycles. The molecular weight excluding hydrogens is 291 g/mol. The van der Waals surface area contributed by atoms with Gasteiger partial charge in [0.05, 0.1) is 4.90 Å². The molecule has 0 aliphatic heterocycles. The van der Waals surface area contributed by atoms with Gasteiger partial charge in [0.15, 0.2) is 0 Å². The van der Waals surface area contributed by atoms with E-state index in [2.05, 4.69) is 0 Å². The lowest BCUT2D eigenvalue weighted by Gasteiger charge is -2.26. The van der Waals surface area contributed by atoms with Crippen LogP contribution < -0.4 is 5.73 Å². The molecule has 2 N–H and O–H groups in total. The third-order valence-corrected chi connectivity index (χ3v) is 5.23. The van der Waals surface area contributed by atoms with Crippen molar-refractivity contribution in [1.29, 1.82) is 0 Å². The highest BCUT2D eigenvalue weighted by molar-refractivity contribution is 7.89. The van der Waals surface area contributed by atoms with Gasteiger partial charge in [0, 0.05) is 19.6 Å². The van der Waals surface area contributed by atoms with Crippen molar-refractivity contribution >= 4 is 22.4 Å². The van der Waals surface area contributed by atoms with Gasteiger partial charge in [-0.05, 0) is 37.0 Å². The van der Waals surface area contributed by atoms with E-state index in [9.17, 15) is 12.8 Å². The average molecular weight is 309 g/mol. The van der Waals surface area contributed by atoms with E-state index in [-0.39, 0.29) is 29.9 Å². The maximum absolute atomic E-state index is 13.1. The Morgan fingerprint density at radius 2 is 2.11 bits per heavy atom. The quantitative estimate of drug-likeness (QED) is 0.899. The molecule has 7 heteroatoms. The van der Waals surface area contributed by atoms with Crippen molar-refractivity contribution in [3.8, 4) is 0 Å². The fourth-order valence-electron chi connectivity index (χ4n) is 2.09. The number of halogens is 2. The van der Waals surface area contributed by atoms with Crippen LogP contribution in [0.15, 0.2) is 29.2 Å². The van der Waals surface area contributed by atoms with Gasteiger partial charge in [-0.3, -0.25) is 0 Å². The zero-order valence-electron chi connectivity index (χ0n) is 10.6. The van der Waals surface area contributed by atoms with Gasteiger partial charge in [0.1, 0.15) is 5.82 Å². The van der Waals surface area contributed by atoms with E-state index in [1.807, 2.05) is 0 Å². The van der Waals surface area contributed by atoms with Gasteiger partial charge in [-0.15, -0.1) is 12.4 Å². The molecule has 1 aliphatic rings. The third kappa shape index (κ3) is 3.45. The monoisotopic (exact) mass is 308 g/mol. The van der Waals surface area contributed by atoms with Gasteiger partial charge >= 0.3 is 0 Å². The zero-order chi connectivity index (χ0) is 13.3. The number of nitrogens with two attached hydrogens (primary N) is 1. The second-order valence-electron chi connectivity index (χ2n) is 4.62. The molecule has 1 aromatic rings. The van der Waals surface area contributed by atoms with E-state index in [1.54, 1.807) is 0 Å². The molecule has 0 saturated heterocycles. The summed E-state index contributed by atoms with van der Waals surface area (Å²) >= 11 is 0. The Hall–Kier alpha value is -0.690. The van der Waals surface area contributed by atoms with Crippen LogP contribution in [0.2, 0.25) is 0 Å². The molecule has 4 nitrogen and oxygen atoms in total. The fourth-order valence-corrected chi connectivity index (χ4v) is 3.55. The summed E-state index contributed by atoms with van der Waals surface area (Å²) in [5.41, 5.74) is 5.64. The molecule has 1 aromatic carbocycles. The van der Waals surface area contributed by atoms with Crippen LogP contribution in [0.5, 0.6) is 0 Å². The number of benzene rings is 1. The van der Waals surface area contributed by atoms with Gasteiger partial charge in [0.25, 0.3) is 0 Å². The van der Waals surface area contributed by atoms with Crippen molar-refractivity contribution < 1.29 is 12.8 Å². The predicted octanol–water partition coefficient (Wildman–Crippen LogP) is 1.61. The van der Waals surface area contributed by atoms with E-state index >= 15 is 0 Å². The van der Waals surface area contributed by atoms with Crippen LogP contribution in [0.25, 0.3) is 0 Å². The minimum absolute atomic E-state index is 0. The Kier molecular flexibility index (Phi) is 5.32. The lowest BCUT2D eigenvalue weighted by atomic mass is 10.2. The Morgan fingerprint density at radius 3 is 2.58 bits per heavy atom. The van der Waals surface area contributed by atoms with Crippen LogP contribution in [-0.2, 0) is 10.0 Å². The van der Waals surface area contributed by atoms with Crippen molar-refractivity contribution in [3.05, 3.63) is 30.1 Å². The first-order valence-electron chi connectivity index (χ1n) is 5.90. The molecule has 0 spiro atoms. The summed E-state index contributed by atoms with van der Waals surface area (Å²) in [7, 11) is -2.15. The van der Waals surface area contributed by atoms with E-state index in [1.165, 1.54) is 29.6 Å². The van der Waals surface area contributed by atoms with Gasteiger partial charge in [-0.1, -0.05) is 6.07 Å². The summed E-state index contributed by atoms with van der Waals surface area (Å²) in [6.07, 6.45) is 2.01. The van der Waals surface area contributed by atoms with Crippen LogP contribution in [0.4, 0.5) is 4.39 Å². The minimum atomic E-state index is -3.66. The maximum Gasteiger partial charge on any atom is 0.243 e. The number of sulfonamides is 1. The predicted molar refractivity (Wildman–Crippen MR) is 74.2 cm³/mol. The van der Waals surface area contributed by atoms with Crippen molar-refractivity contribution in [3.63, 3.8) is 0 Å². The Bertz CT molecular complexity index is 534.